The highest BCUT2D eigenvalue weighted by Gasteiger charge is 2.17. The minimum absolute atomic E-state index is 0.661. The monoisotopic (exact) mass is 168 g/mol. The van der Waals surface area contributed by atoms with E-state index < -0.39 is 0 Å². The molecule has 1 aromatic rings. The number of rotatable bonds is 1. The molecule has 0 aliphatic carbocycles. The Bertz CT molecular complexity index is 238. The zero-order valence-corrected chi connectivity index (χ0v) is 7.47. The molecule has 1 unspecified atom stereocenters. The van der Waals surface area contributed by atoms with Gasteiger partial charge in [-0.25, -0.2) is 0 Å². The summed E-state index contributed by atoms with van der Waals surface area (Å²) in [6.07, 6.45) is 5.35. The lowest BCUT2D eigenvalue weighted by Gasteiger charge is -2.07. The number of thioether (sulfide) groups is 1. The van der Waals surface area contributed by atoms with Crippen LogP contribution in [0, 0.1) is 6.92 Å². The number of nitrogens with zero attached hydrogens (tertiary/aromatic N) is 2. The fourth-order valence-corrected chi connectivity index (χ4v) is 2.56. The molecular formula is C8H12N2S. The molecule has 2 rings (SSSR count). The first kappa shape index (κ1) is 7.22. The molecule has 60 valence electrons. The minimum Gasteiger partial charge on any atom is -0.269 e. The highest BCUT2D eigenvalue weighted by Crippen LogP contribution is 2.26. The fraction of sp³-hybridized carbons (Fsp3) is 0.625. The minimum atomic E-state index is 0.661. The summed E-state index contributed by atoms with van der Waals surface area (Å²) in [6, 6.07) is 0.661. The molecule has 0 saturated carbocycles. The van der Waals surface area contributed by atoms with E-state index in [1.807, 2.05) is 18.0 Å². The lowest BCUT2D eigenvalue weighted by atomic mass is 10.3. The first-order valence-electron chi connectivity index (χ1n) is 3.95. The van der Waals surface area contributed by atoms with Gasteiger partial charge in [0.05, 0.1) is 12.2 Å². The maximum Gasteiger partial charge on any atom is 0.0617 e. The molecule has 0 amide bonds. The Morgan fingerprint density at radius 2 is 2.64 bits per heavy atom. The Morgan fingerprint density at radius 3 is 3.18 bits per heavy atom. The maximum absolute atomic E-state index is 4.30. The van der Waals surface area contributed by atoms with Gasteiger partial charge in [-0.3, -0.25) is 4.68 Å². The van der Waals surface area contributed by atoms with Crippen LogP contribution in [0.3, 0.4) is 0 Å². The van der Waals surface area contributed by atoms with E-state index in [2.05, 4.69) is 22.9 Å². The molecule has 11 heavy (non-hydrogen) atoms. The van der Waals surface area contributed by atoms with Crippen molar-refractivity contribution in [2.45, 2.75) is 19.4 Å². The zero-order valence-electron chi connectivity index (χ0n) is 6.66. The van der Waals surface area contributed by atoms with E-state index in [1.165, 1.54) is 23.5 Å². The third kappa shape index (κ3) is 1.43. The molecule has 2 nitrogen and oxygen atoms in total. The quantitative estimate of drug-likeness (QED) is 0.637. The molecule has 0 aromatic carbocycles. The molecule has 1 aromatic heterocycles. The molecule has 0 bridgehead atoms. The van der Waals surface area contributed by atoms with Crippen molar-refractivity contribution < 1.29 is 0 Å². The molecule has 2 heterocycles. The molecule has 0 radical (unpaired) electrons. The zero-order chi connectivity index (χ0) is 7.68. The summed E-state index contributed by atoms with van der Waals surface area (Å²) in [5.41, 5.74) is 1.27. The van der Waals surface area contributed by atoms with Crippen molar-refractivity contribution in [2.24, 2.45) is 0 Å². The Balaban J connectivity index is 2.15. The predicted molar refractivity (Wildman–Crippen MR) is 47.9 cm³/mol. The van der Waals surface area contributed by atoms with Gasteiger partial charge in [0.2, 0.25) is 0 Å². The van der Waals surface area contributed by atoms with Crippen LogP contribution in [0.25, 0.3) is 0 Å². The van der Waals surface area contributed by atoms with Crippen molar-refractivity contribution in [1.29, 1.82) is 0 Å². The molecule has 1 atom stereocenters. The summed E-state index contributed by atoms with van der Waals surface area (Å²) in [4.78, 5) is 0. The largest absolute Gasteiger partial charge is 0.269 e. The molecule has 1 aliphatic heterocycles. The molecule has 3 heteroatoms. The fourth-order valence-electron chi connectivity index (χ4n) is 1.36. The van der Waals surface area contributed by atoms with Crippen LogP contribution in [0.5, 0.6) is 0 Å². The van der Waals surface area contributed by atoms with Crippen LogP contribution in [0.15, 0.2) is 12.4 Å². The first-order chi connectivity index (χ1) is 5.36. The van der Waals surface area contributed by atoms with E-state index in [0.717, 1.165) is 0 Å². The van der Waals surface area contributed by atoms with E-state index in [-0.39, 0.29) is 0 Å². The number of aryl methyl sites for hydroxylation is 1. The van der Waals surface area contributed by atoms with Crippen LogP contribution in [-0.2, 0) is 0 Å². The molecule has 1 aliphatic rings. The lowest BCUT2D eigenvalue weighted by Crippen LogP contribution is -2.07. The lowest BCUT2D eigenvalue weighted by molar-refractivity contribution is 0.501. The predicted octanol–water partition coefficient (Wildman–Crippen LogP) is 1.87. The summed E-state index contributed by atoms with van der Waals surface area (Å²) in [6.45, 7) is 2.09. The van der Waals surface area contributed by atoms with Crippen molar-refractivity contribution in [3.63, 3.8) is 0 Å². The van der Waals surface area contributed by atoms with Crippen LogP contribution in [0.4, 0.5) is 0 Å². The van der Waals surface area contributed by atoms with Gasteiger partial charge in [0.25, 0.3) is 0 Å². The summed E-state index contributed by atoms with van der Waals surface area (Å²) in [7, 11) is 0. The SMILES string of the molecule is Cc1cnn(C2CCSC2)c1. The number of aromatic nitrogens is 2. The van der Waals surface area contributed by atoms with Crippen LogP contribution >= 0.6 is 11.8 Å². The van der Waals surface area contributed by atoms with Crippen molar-refractivity contribution in [3.8, 4) is 0 Å². The van der Waals surface area contributed by atoms with Crippen LogP contribution in [-0.4, -0.2) is 21.3 Å². The Hall–Kier alpha value is -0.440. The second kappa shape index (κ2) is 2.89. The summed E-state index contributed by atoms with van der Waals surface area (Å²) >= 11 is 2.03. The second-order valence-electron chi connectivity index (χ2n) is 3.02. The van der Waals surface area contributed by atoms with Crippen LogP contribution in [0.2, 0.25) is 0 Å². The third-order valence-electron chi connectivity index (χ3n) is 2.01. The molecule has 0 spiro atoms. The molecular weight excluding hydrogens is 156 g/mol. The molecule has 0 N–H and O–H groups in total. The van der Waals surface area contributed by atoms with E-state index in [0.29, 0.717) is 6.04 Å². The average molecular weight is 168 g/mol. The van der Waals surface area contributed by atoms with E-state index in [1.54, 1.807) is 0 Å². The summed E-state index contributed by atoms with van der Waals surface area (Å²) in [5.74, 6) is 2.53. The highest BCUT2D eigenvalue weighted by molar-refractivity contribution is 7.99. The Labute approximate surface area is 71.0 Å². The van der Waals surface area contributed by atoms with Gasteiger partial charge in [-0.15, -0.1) is 0 Å². The van der Waals surface area contributed by atoms with Gasteiger partial charge in [-0.2, -0.15) is 16.9 Å². The first-order valence-corrected chi connectivity index (χ1v) is 5.10. The average Bonchev–Trinajstić information content (AvgIpc) is 2.55. The van der Waals surface area contributed by atoms with E-state index in [4.69, 9.17) is 0 Å². The van der Waals surface area contributed by atoms with Gasteiger partial charge < -0.3 is 0 Å². The van der Waals surface area contributed by atoms with Gasteiger partial charge in [-0.1, -0.05) is 0 Å². The van der Waals surface area contributed by atoms with Gasteiger partial charge in [-0.05, 0) is 24.7 Å². The van der Waals surface area contributed by atoms with E-state index >= 15 is 0 Å². The van der Waals surface area contributed by atoms with E-state index in [9.17, 15) is 0 Å². The van der Waals surface area contributed by atoms with Gasteiger partial charge >= 0.3 is 0 Å². The Kier molecular flexibility index (Phi) is 1.90. The van der Waals surface area contributed by atoms with Gasteiger partial charge in [0.15, 0.2) is 0 Å². The van der Waals surface area contributed by atoms with Gasteiger partial charge in [0, 0.05) is 11.9 Å². The van der Waals surface area contributed by atoms with Crippen molar-refractivity contribution in [1.82, 2.24) is 9.78 Å². The number of hydrogen-bond donors (Lipinski definition) is 0. The second-order valence-corrected chi connectivity index (χ2v) is 4.16. The molecule has 1 fully saturated rings. The van der Waals surface area contributed by atoms with Crippen molar-refractivity contribution >= 4 is 11.8 Å². The van der Waals surface area contributed by atoms with Crippen molar-refractivity contribution in [2.75, 3.05) is 11.5 Å². The Morgan fingerprint density at radius 1 is 1.73 bits per heavy atom. The van der Waals surface area contributed by atoms with Crippen LogP contribution in [0.1, 0.15) is 18.0 Å². The smallest absolute Gasteiger partial charge is 0.0617 e. The normalized spacial score (nSPS) is 24.3. The highest BCUT2D eigenvalue weighted by atomic mass is 32.2. The topological polar surface area (TPSA) is 17.8 Å². The van der Waals surface area contributed by atoms with Crippen molar-refractivity contribution in [3.05, 3.63) is 18.0 Å². The summed E-state index contributed by atoms with van der Waals surface area (Å²) < 4.78 is 2.11. The maximum atomic E-state index is 4.30. The standard InChI is InChI=1S/C8H12N2S/c1-7-4-9-10(5-7)8-2-3-11-6-8/h4-5,8H,2-3,6H2,1H3. The number of hydrogen-bond acceptors (Lipinski definition) is 2. The molecule has 1 saturated heterocycles. The van der Waals surface area contributed by atoms with Gasteiger partial charge in [0.1, 0.15) is 0 Å². The summed E-state index contributed by atoms with van der Waals surface area (Å²) in [5, 5.41) is 4.30. The third-order valence-corrected chi connectivity index (χ3v) is 3.16. The van der Waals surface area contributed by atoms with Crippen LogP contribution < -0.4 is 0 Å².